The zero-order chi connectivity index (χ0) is 9.10. The minimum absolute atomic E-state index is 0.285. The van der Waals surface area contributed by atoms with Crippen LogP contribution in [-0.4, -0.2) is 34.2 Å². The van der Waals surface area contributed by atoms with Crippen molar-refractivity contribution < 1.29 is 5.11 Å². The first-order chi connectivity index (χ1) is 6.38. The predicted molar refractivity (Wildman–Crippen MR) is 54.9 cm³/mol. The molecule has 3 N–H and O–H groups in total. The highest BCUT2D eigenvalue weighted by Gasteiger charge is 2.23. The molecule has 0 aliphatic carbocycles. The van der Waals surface area contributed by atoms with Crippen LogP contribution in [0.25, 0.3) is 0 Å². The van der Waals surface area contributed by atoms with Crippen LogP contribution in [0.4, 0.5) is 0 Å². The Labute approximate surface area is 81.9 Å². The molecule has 13 heavy (non-hydrogen) atoms. The summed E-state index contributed by atoms with van der Waals surface area (Å²) in [7, 11) is 0. The summed E-state index contributed by atoms with van der Waals surface area (Å²) < 4.78 is 0. The van der Waals surface area contributed by atoms with E-state index in [9.17, 15) is 5.11 Å². The van der Waals surface area contributed by atoms with Crippen LogP contribution in [0.5, 0.6) is 0 Å². The third-order valence-electron chi connectivity index (χ3n) is 2.25. The van der Waals surface area contributed by atoms with Crippen molar-refractivity contribution in [1.82, 2.24) is 10.3 Å². The number of hydrogen-bond donors (Lipinski definition) is 3. The van der Waals surface area contributed by atoms with Crippen LogP contribution in [0, 0.1) is 0 Å². The van der Waals surface area contributed by atoms with Crippen LogP contribution in [0.2, 0.25) is 0 Å². The molecule has 72 valence electrons. The van der Waals surface area contributed by atoms with Gasteiger partial charge in [0.2, 0.25) is 0 Å². The summed E-state index contributed by atoms with van der Waals surface area (Å²) in [6.07, 6.45) is 1.48. The number of rotatable bonds is 2. The smallest absolute Gasteiger partial charge is 0.107 e. The van der Waals surface area contributed by atoms with Gasteiger partial charge in [-0.2, -0.15) is 11.8 Å². The van der Waals surface area contributed by atoms with Gasteiger partial charge in [-0.25, -0.2) is 0 Å². The van der Waals surface area contributed by atoms with Crippen molar-refractivity contribution in [1.29, 1.82) is 0 Å². The maximum Gasteiger partial charge on any atom is 0.107 e. The summed E-state index contributed by atoms with van der Waals surface area (Å²) in [5.74, 6) is 1.09. The molecule has 1 aromatic rings. The van der Waals surface area contributed by atoms with Crippen molar-refractivity contribution in [3.05, 3.63) is 24.0 Å². The lowest BCUT2D eigenvalue weighted by molar-refractivity contribution is 0.168. The van der Waals surface area contributed by atoms with E-state index in [1.165, 1.54) is 0 Å². The lowest BCUT2D eigenvalue weighted by Crippen LogP contribution is -2.36. The van der Waals surface area contributed by atoms with Crippen molar-refractivity contribution in [3.8, 4) is 0 Å². The first-order valence-electron chi connectivity index (χ1n) is 4.51. The van der Waals surface area contributed by atoms with Crippen molar-refractivity contribution in [2.75, 3.05) is 18.8 Å². The molecule has 1 aliphatic heterocycles. The van der Waals surface area contributed by atoms with E-state index < -0.39 is 0 Å². The molecule has 0 saturated carbocycles. The predicted octanol–water partition coefficient (Wildman–Crippen LogP) is 0.753. The maximum absolute atomic E-state index is 9.94. The first kappa shape index (κ1) is 9.12. The number of H-pyrrole nitrogens is 1. The zero-order valence-corrected chi connectivity index (χ0v) is 8.18. The molecule has 0 amide bonds. The fourth-order valence-electron chi connectivity index (χ4n) is 1.52. The molecule has 2 rings (SSSR count). The van der Waals surface area contributed by atoms with E-state index in [1.54, 1.807) is 0 Å². The topological polar surface area (TPSA) is 48.0 Å². The Hall–Kier alpha value is -0.450. The lowest BCUT2D eigenvalue weighted by atomic mass is 10.2. The number of aromatic nitrogens is 1. The molecule has 0 spiro atoms. The van der Waals surface area contributed by atoms with Gasteiger partial charge in [0.1, 0.15) is 6.10 Å². The van der Waals surface area contributed by atoms with Crippen molar-refractivity contribution in [2.24, 2.45) is 0 Å². The fourth-order valence-corrected chi connectivity index (χ4v) is 2.65. The van der Waals surface area contributed by atoms with E-state index in [4.69, 9.17) is 0 Å². The van der Waals surface area contributed by atoms with E-state index >= 15 is 0 Å². The zero-order valence-electron chi connectivity index (χ0n) is 7.36. The van der Waals surface area contributed by atoms with Gasteiger partial charge in [-0.15, -0.1) is 0 Å². The second-order valence-electron chi connectivity index (χ2n) is 3.18. The Kier molecular flexibility index (Phi) is 2.93. The molecule has 1 saturated heterocycles. The molecule has 2 atom stereocenters. The van der Waals surface area contributed by atoms with Crippen LogP contribution < -0.4 is 5.32 Å². The van der Waals surface area contributed by atoms with Crippen LogP contribution in [-0.2, 0) is 0 Å². The second-order valence-corrected chi connectivity index (χ2v) is 4.53. The molecule has 2 heterocycles. The average Bonchev–Trinajstić information content (AvgIpc) is 2.71. The Bertz CT molecular complexity index is 244. The molecule has 2 unspecified atom stereocenters. The van der Waals surface area contributed by atoms with Gasteiger partial charge < -0.3 is 15.4 Å². The van der Waals surface area contributed by atoms with Gasteiger partial charge in [0.15, 0.2) is 0 Å². The van der Waals surface area contributed by atoms with Crippen LogP contribution in [0.1, 0.15) is 11.8 Å². The maximum atomic E-state index is 9.94. The third-order valence-corrected chi connectivity index (χ3v) is 3.54. The minimum Gasteiger partial charge on any atom is -0.386 e. The highest BCUT2D eigenvalue weighted by molar-refractivity contribution is 8.00. The molecule has 1 aliphatic rings. The molecular formula is C9H14N2OS. The summed E-state index contributed by atoms with van der Waals surface area (Å²) in [6, 6.07) is 3.85. The second kappa shape index (κ2) is 4.17. The highest BCUT2D eigenvalue weighted by Crippen LogP contribution is 2.26. The monoisotopic (exact) mass is 198 g/mol. The molecule has 1 fully saturated rings. The standard InChI is InChI=1S/C9H14N2OS/c12-9(7-2-1-3-11-7)8-6-10-4-5-13-8/h1-3,8-12H,4-6H2. The molecule has 3 nitrogen and oxygen atoms in total. The summed E-state index contributed by atoms with van der Waals surface area (Å²) >= 11 is 1.84. The van der Waals surface area contributed by atoms with Gasteiger partial charge in [0, 0.05) is 36.0 Å². The Balaban J connectivity index is 1.99. The summed E-state index contributed by atoms with van der Waals surface area (Å²) in [4.78, 5) is 3.04. The molecule has 1 aromatic heterocycles. The van der Waals surface area contributed by atoms with Crippen molar-refractivity contribution in [2.45, 2.75) is 11.4 Å². The SMILES string of the molecule is OC(c1ccc[nH]1)C1CNCCS1. The lowest BCUT2D eigenvalue weighted by Gasteiger charge is -2.26. The van der Waals surface area contributed by atoms with Gasteiger partial charge >= 0.3 is 0 Å². The summed E-state index contributed by atoms with van der Waals surface area (Å²) in [5, 5.41) is 13.5. The van der Waals surface area contributed by atoms with Crippen LogP contribution in [0.15, 0.2) is 18.3 Å². The highest BCUT2D eigenvalue weighted by atomic mass is 32.2. The van der Waals surface area contributed by atoms with E-state index in [2.05, 4.69) is 10.3 Å². The van der Waals surface area contributed by atoms with Crippen molar-refractivity contribution >= 4 is 11.8 Å². The van der Waals surface area contributed by atoms with Gasteiger partial charge in [-0.3, -0.25) is 0 Å². The number of aromatic amines is 1. The van der Waals surface area contributed by atoms with Gasteiger partial charge in [0.25, 0.3) is 0 Å². The Morgan fingerprint density at radius 1 is 1.62 bits per heavy atom. The number of hydrogen-bond acceptors (Lipinski definition) is 3. The van der Waals surface area contributed by atoms with Gasteiger partial charge in [-0.1, -0.05) is 0 Å². The van der Waals surface area contributed by atoms with Gasteiger partial charge in [-0.05, 0) is 12.1 Å². The average molecular weight is 198 g/mol. The van der Waals surface area contributed by atoms with E-state index in [1.807, 2.05) is 30.1 Å². The largest absolute Gasteiger partial charge is 0.386 e. The summed E-state index contributed by atoms with van der Waals surface area (Å²) in [6.45, 7) is 1.95. The fraction of sp³-hybridized carbons (Fsp3) is 0.556. The quantitative estimate of drug-likeness (QED) is 0.657. The van der Waals surface area contributed by atoms with E-state index in [0.29, 0.717) is 0 Å². The third kappa shape index (κ3) is 2.07. The van der Waals surface area contributed by atoms with Gasteiger partial charge in [0.05, 0.1) is 0 Å². The number of thioether (sulfide) groups is 1. The van der Waals surface area contributed by atoms with Crippen molar-refractivity contribution in [3.63, 3.8) is 0 Å². The number of nitrogens with one attached hydrogen (secondary N) is 2. The molecule has 0 radical (unpaired) electrons. The van der Waals surface area contributed by atoms with E-state index in [-0.39, 0.29) is 11.4 Å². The van der Waals surface area contributed by atoms with Crippen LogP contribution in [0.3, 0.4) is 0 Å². The molecule has 0 aromatic carbocycles. The number of aliphatic hydroxyl groups excluding tert-OH is 1. The normalized spacial score (nSPS) is 25.8. The van der Waals surface area contributed by atoms with E-state index in [0.717, 1.165) is 24.5 Å². The Morgan fingerprint density at radius 2 is 2.54 bits per heavy atom. The molecule has 4 heteroatoms. The minimum atomic E-state index is -0.368. The summed E-state index contributed by atoms with van der Waals surface area (Å²) in [5.41, 5.74) is 0.918. The molecular weight excluding hydrogens is 184 g/mol. The first-order valence-corrected chi connectivity index (χ1v) is 5.56. The Morgan fingerprint density at radius 3 is 3.15 bits per heavy atom. The molecule has 0 bridgehead atoms. The van der Waals surface area contributed by atoms with Crippen LogP contribution >= 0.6 is 11.8 Å². The number of aliphatic hydroxyl groups is 1.